The van der Waals surface area contributed by atoms with Crippen LogP contribution in [0.1, 0.15) is 13.3 Å². The highest BCUT2D eigenvalue weighted by molar-refractivity contribution is 7.89. The zero-order valence-corrected chi connectivity index (χ0v) is 11.6. The summed E-state index contributed by atoms with van der Waals surface area (Å²) in [4.78, 5) is 9.36. The highest BCUT2D eigenvalue weighted by Crippen LogP contribution is 2.24. The van der Waals surface area contributed by atoms with Gasteiger partial charge in [0.2, 0.25) is 15.8 Å². The molecule has 20 heavy (non-hydrogen) atoms. The SMILES string of the molecule is CC1=CCN(S(=O)(=O)c2ccc([N+](=O)[O-])c(F)c2)CC1. The van der Waals surface area contributed by atoms with Crippen molar-refractivity contribution in [3.05, 3.63) is 45.8 Å². The topological polar surface area (TPSA) is 80.5 Å². The van der Waals surface area contributed by atoms with E-state index in [1.165, 1.54) is 4.31 Å². The van der Waals surface area contributed by atoms with Gasteiger partial charge in [0.05, 0.1) is 9.82 Å². The van der Waals surface area contributed by atoms with Crippen LogP contribution >= 0.6 is 0 Å². The quantitative estimate of drug-likeness (QED) is 0.486. The van der Waals surface area contributed by atoms with E-state index in [0.29, 0.717) is 19.0 Å². The van der Waals surface area contributed by atoms with Crippen molar-refractivity contribution in [2.45, 2.75) is 18.2 Å². The third-order valence-electron chi connectivity index (χ3n) is 3.15. The average molecular weight is 300 g/mol. The second-order valence-corrected chi connectivity index (χ2v) is 6.47. The molecule has 0 atom stereocenters. The van der Waals surface area contributed by atoms with Crippen LogP contribution in [0.5, 0.6) is 0 Å². The molecule has 2 rings (SSSR count). The van der Waals surface area contributed by atoms with E-state index in [9.17, 15) is 22.9 Å². The maximum absolute atomic E-state index is 13.5. The van der Waals surface area contributed by atoms with Crippen molar-refractivity contribution in [2.24, 2.45) is 0 Å². The number of rotatable bonds is 3. The molecule has 0 amide bonds. The van der Waals surface area contributed by atoms with Crippen LogP contribution in [0.25, 0.3) is 0 Å². The van der Waals surface area contributed by atoms with Gasteiger partial charge in [0.15, 0.2) is 0 Å². The Hall–Kier alpha value is -1.80. The van der Waals surface area contributed by atoms with E-state index in [0.717, 1.165) is 17.7 Å². The molecule has 1 aromatic rings. The largest absolute Gasteiger partial charge is 0.304 e. The Morgan fingerprint density at radius 1 is 1.40 bits per heavy atom. The van der Waals surface area contributed by atoms with Gasteiger partial charge in [-0.3, -0.25) is 10.1 Å². The molecule has 0 aliphatic carbocycles. The molecule has 0 bridgehead atoms. The highest BCUT2D eigenvalue weighted by atomic mass is 32.2. The standard InChI is InChI=1S/C12H13FN2O4S/c1-9-4-6-14(7-5-9)20(18,19)10-2-3-12(15(16)17)11(13)8-10/h2-4,8H,5-7H2,1H3. The lowest BCUT2D eigenvalue weighted by atomic mass is 10.1. The molecule has 108 valence electrons. The Morgan fingerprint density at radius 3 is 2.60 bits per heavy atom. The zero-order valence-electron chi connectivity index (χ0n) is 10.7. The van der Waals surface area contributed by atoms with Gasteiger partial charge >= 0.3 is 5.69 Å². The van der Waals surface area contributed by atoms with Crippen LogP contribution in [0.4, 0.5) is 10.1 Å². The molecule has 0 saturated carbocycles. The minimum Gasteiger partial charge on any atom is -0.258 e. The maximum Gasteiger partial charge on any atom is 0.304 e. The summed E-state index contributed by atoms with van der Waals surface area (Å²) in [6.45, 7) is 2.46. The van der Waals surface area contributed by atoms with Crippen LogP contribution in [-0.4, -0.2) is 30.7 Å². The summed E-state index contributed by atoms with van der Waals surface area (Å²) >= 11 is 0. The molecular formula is C12H13FN2O4S. The van der Waals surface area contributed by atoms with E-state index >= 15 is 0 Å². The summed E-state index contributed by atoms with van der Waals surface area (Å²) < 4.78 is 39.3. The molecule has 6 nitrogen and oxygen atoms in total. The normalized spacial score (nSPS) is 16.8. The first-order chi connectivity index (χ1) is 9.32. The molecule has 8 heteroatoms. The molecule has 1 aliphatic heterocycles. The van der Waals surface area contributed by atoms with E-state index in [1.54, 1.807) is 6.08 Å². The van der Waals surface area contributed by atoms with Gasteiger partial charge in [0.1, 0.15) is 0 Å². The fourth-order valence-electron chi connectivity index (χ4n) is 1.92. The van der Waals surface area contributed by atoms with Crippen LogP contribution in [0, 0.1) is 15.9 Å². The average Bonchev–Trinajstić information content (AvgIpc) is 2.38. The fraction of sp³-hybridized carbons (Fsp3) is 0.333. The molecule has 0 saturated heterocycles. The smallest absolute Gasteiger partial charge is 0.258 e. The lowest BCUT2D eigenvalue weighted by Gasteiger charge is -2.24. The molecular weight excluding hydrogens is 287 g/mol. The van der Waals surface area contributed by atoms with E-state index < -0.39 is 26.5 Å². The number of halogens is 1. The van der Waals surface area contributed by atoms with Crippen molar-refractivity contribution < 1.29 is 17.7 Å². The van der Waals surface area contributed by atoms with Crippen LogP contribution < -0.4 is 0 Å². The van der Waals surface area contributed by atoms with Gasteiger partial charge in [-0.15, -0.1) is 0 Å². The molecule has 0 spiro atoms. The summed E-state index contributed by atoms with van der Waals surface area (Å²) in [6, 6.07) is 2.62. The zero-order chi connectivity index (χ0) is 14.9. The third kappa shape index (κ3) is 2.70. The molecule has 0 radical (unpaired) electrons. The number of hydrogen-bond acceptors (Lipinski definition) is 4. The summed E-state index contributed by atoms with van der Waals surface area (Å²) in [5.74, 6) is -1.15. The monoisotopic (exact) mass is 300 g/mol. The molecule has 0 unspecified atom stereocenters. The molecule has 1 aliphatic rings. The number of nitro groups is 1. The van der Waals surface area contributed by atoms with Crippen molar-refractivity contribution in [3.8, 4) is 0 Å². The number of nitro benzene ring substituents is 1. The summed E-state index contributed by atoms with van der Waals surface area (Å²) in [7, 11) is -3.82. The van der Waals surface area contributed by atoms with Gasteiger partial charge in [0.25, 0.3) is 0 Å². The fourth-order valence-corrected chi connectivity index (χ4v) is 3.31. The van der Waals surface area contributed by atoms with Gasteiger partial charge in [-0.1, -0.05) is 11.6 Å². The third-order valence-corrected chi connectivity index (χ3v) is 5.01. The van der Waals surface area contributed by atoms with Crippen molar-refractivity contribution in [2.75, 3.05) is 13.1 Å². The van der Waals surface area contributed by atoms with Crippen LogP contribution in [-0.2, 0) is 10.0 Å². The van der Waals surface area contributed by atoms with Crippen molar-refractivity contribution >= 4 is 15.7 Å². The lowest BCUT2D eigenvalue weighted by molar-refractivity contribution is -0.387. The first-order valence-corrected chi connectivity index (χ1v) is 7.36. The predicted molar refractivity (Wildman–Crippen MR) is 70.2 cm³/mol. The van der Waals surface area contributed by atoms with E-state index in [4.69, 9.17) is 0 Å². The summed E-state index contributed by atoms with van der Waals surface area (Å²) in [5, 5.41) is 10.5. The second-order valence-electron chi connectivity index (χ2n) is 4.53. The molecule has 0 fully saturated rings. The van der Waals surface area contributed by atoms with Crippen molar-refractivity contribution in [1.29, 1.82) is 0 Å². The minimum atomic E-state index is -3.82. The van der Waals surface area contributed by atoms with Gasteiger partial charge in [-0.25, -0.2) is 8.42 Å². The van der Waals surface area contributed by atoms with E-state index in [-0.39, 0.29) is 11.4 Å². The van der Waals surface area contributed by atoms with Gasteiger partial charge in [-0.2, -0.15) is 8.70 Å². The molecule has 1 heterocycles. The second kappa shape index (κ2) is 5.29. The minimum absolute atomic E-state index is 0.229. The number of sulfonamides is 1. The number of nitrogens with zero attached hydrogens (tertiary/aromatic N) is 2. The van der Waals surface area contributed by atoms with Gasteiger partial charge in [-0.05, 0) is 19.4 Å². The van der Waals surface area contributed by atoms with Crippen LogP contribution in [0.2, 0.25) is 0 Å². The Kier molecular flexibility index (Phi) is 3.87. The maximum atomic E-state index is 13.5. The van der Waals surface area contributed by atoms with Crippen LogP contribution in [0.15, 0.2) is 34.7 Å². The lowest BCUT2D eigenvalue weighted by Crippen LogP contribution is -2.34. The molecule has 0 N–H and O–H groups in total. The van der Waals surface area contributed by atoms with Gasteiger partial charge in [0, 0.05) is 25.2 Å². The van der Waals surface area contributed by atoms with Crippen molar-refractivity contribution in [3.63, 3.8) is 0 Å². The number of hydrogen-bond donors (Lipinski definition) is 0. The molecule has 1 aromatic carbocycles. The summed E-state index contributed by atoms with van der Waals surface area (Å²) in [5.41, 5.74) is 0.365. The number of benzene rings is 1. The first kappa shape index (κ1) is 14.6. The van der Waals surface area contributed by atoms with E-state index in [2.05, 4.69) is 0 Å². The highest BCUT2D eigenvalue weighted by Gasteiger charge is 2.27. The Morgan fingerprint density at radius 2 is 2.10 bits per heavy atom. The van der Waals surface area contributed by atoms with Crippen molar-refractivity contribution in [1.82, 2.24) is 4.31 Å². The van der Waals surface area contributed by atoms with Gasteiger partial charge < -0.3 is 0 Å². The summed E-state index contributed by atoms with van der Waals surface area (Å²) in [6.07, 6.45) is 2.41. The Bertz CT molecular complexity index is 685. The van der Waals surface area contributed by atoms with E-state index in [1.807, 2.05) is 6.92 Å². The molecule has 0 aromatic heterocycles. The van der Waals surface area contributed by atoms with Crippen LogP contribution in [0.3, 0.4) is 0 Å². The Labute approximate surface area is 115 Å². The Balaban J connectivity index is 2.35. The first-order valence-electron chi connectivity index (χ1n) is 5.92. The predicted octanol–water partition coefficient (Wildman–Crippen LogP) is 2.07.